The van der Waals surface area contributed by atoms with Gasteiger partial charge in [0.15, 0.2) is 0 Å². The molecule has 0 aliphatic carbocycles. The number of carbonyl (C=O) groups excluding carboxylic acids is 4. The Hall–Kier alpha value is -5.00. The summed E-state index contributed by atoms with van der Waals surface area (Å²) in [6.45, 7) is 1.70. The summed E-state index contributed by atoms with van der Waals surface area (Å²) in [5, 5.41) is 4.60. The molecule has 1 fully saturated rings. The molecule has 46 heavy (non-hydrogen) atoms. The van der Waals surface area contributed by atoms with Crippen LogP contribution in [0.2, 0.25) is 0 Å². The first-order valence-corrected chi connectivity index (χ1v) is 16.4. The van der Waals surface area contributed by atoms with Crippen molar-refractivity contribution in [3.8, 4) is 0 Å². The Morgan fingerprint density at radius 2 is 1.57 bits per heavy atom. The summed E-state index contributed by atoms with van der Waals surface area (Å²) >= 11 is 2.16. The number of nitrogens with one attached hydrogen (secondary N) is 1. The van der Waals surface area contributed by atoms with Crippen molar-refractivity contribution in [2.75, 3.05) is 16.8 Å². The minimum atomic E-state index is -0.821. The van der Waals surface area contributed by atoms with Crippen LogP contribution in [0, 0.1) is 5.92 Å². The maximum Gasteiger partial charge on any atom is 0.338 e. The van der Waals surface area contributed by atoms with Gasteiger partial charge in [-0.05, 0) is 59.7 Å². The van der Waals surface area contributed by atoms with E-state index in [9.17, 15) is 24.0 Å². The highest BCUT2D eigenvalue weighted by Gasteiger charge is 2.56. The van der Waals surface area contributed by atoms with Gasteiger partial charge >= 0.3 is 10.8 Å². The Kier molecular flexibility index (Phi) is 7.79. The van der Waals surface area contributed by atoms with Gasteiger partial charge in [-0.15, -0.1) is 0 Å². The van der Waals surface area contributed by atoms with Gasteiger partial charge in [-0.3, -0.25) is 23.7 Å². The maximum absolute atomic E-state index is 14.1. The SMILES string of the molecule is CCOC(=O)c1ccc(N2C(=O)C3Sc4c(sc(=O)n4CC(=O)Nc4ccc5ccccc5c4)[C@H](c4ccccc4)C3C2=O)cc1. The number of carbonyl (C=O) groups is 4. The summed E-state index contributed by atoms with van der Waals surface area (Å²) in [5.74, 6) is -3.00. The minimum Gasteiger partial charge on any atom is -0.462 e. The topological polar surface area (TPSA) is 115 Å². The molecule has 230 valence electrons. The van der Waals surface area contributed by atoms with E-state index in [0.29, 0.717) is 26.8 Å². The Labute approximate surface area is 271 Å². The van der Waals surface area contributed by atoms with Gasteiger partial charge in [-0.25, -0.2) is 9.69 Å². The summed E-state index contributed by atoms with van der Waals surface area (Å²) in [5.41, 5.74) is 2.07. The van der Waals surface area contributed by atoms with Crippen molar-refractivity contribution in [1.82, 2.24) is 4.57 Å². The van der Waals surface area contributed by atoms with E-state index in [-0.39, 0.29) is 29.8 Å². The molecule has 2 aliphatic rings. The summed E-state index contributed by atoms with van der Waals surface area (Å²) in [6, 6.07) is 28.9. The molecule has 0 spiro atoms. The molecule has 1 aromatic heterocycles. The quantitative estimate of drug-likeness (QED) is 0.178. The van der Waals surface area contributed by atoms with Crippen LogP contribution in [0.5, 0.6) is 0 Å². The molecule has 1 saturated heterocycles. The molecule has 0 radical (unpaired) electrons. The zero-order valence-electron chi connectivity index (χ0n) is 24.5. The number of hydrogen-bond acceptors (Lipinski definition) is 8. The fourth-order valence-corrected chi connectivity index (χ4v) is 8.87. The smallest absolute Gasteiger partial charge is 0.338 e. The number of thiazole rings is 1. The summed E-state index contributed by atoms with van der Waals surface area (Å²) in [6.07, 6.45) is 0. The summed E-state index contributed by atoms with van der Waals surface area (Å²) in [7, 11) is 0. The lowest BCUT2D eigenvalue weighted by Crippen LogP contribution is -2.33. The molecule has 2 unspecified atom stereocenters. The van der Waals surface area contributed by atoms with Crippen molar-refractivity contribution in [1.29, 1.82) is 0 Å². The minimum absolute atomic E-state index is 0.228. The number of benzene rings is 4. The molecule has 0 saturated carbocycles. The predicted octanol–water partition coefficient (Wildman–Crippen LogP) is 5.67. The number of nitrogens with zero attached hydrogens (tertiary/aromatic N) is 2. The zero-order chi connectivity index (χ0) is 31.9. The van der Waals surface area contributed by atoms with Crippen LogP contribution < -0.4 is 15.1 Å². The number of hydrogen-bond donors (Lipinski definition) is 1. The van der Waals surface area contributed by atoms with E-state index in [0.717, 1.165) is 39.4 Å². The maximum atomic E-state index is 14.1. The van der Waals surface area contributed by atoms with Crippen LogP contribution in [0.4, 0.5) is 11.4 Å². The van der Waals surface area contributed by atoms with Crippen molar-refractivity contribution < 1.29 is 23.9 Å². The van der Waals surface area contributed by atoms with Gasteiger partial charge in [-0.2, -0.15) is 0 Å². The van der Waals surface area contributed by atoms with Crippen LogP contribution in [-0.2, 0) is 25.7 Å². The number of imide groups is 1. The van der Waals surface area contributed by atoms with Crippen molar-refractivity contribution >= 4 is 68.9 Å². The second-order valence-electron chi connectivity index (χ2n) is 11.0. The number of rotatable bonds is 7. The number of aromatic nitrogens is 1. The average molecular weight is 650 g/mol. The second-order valence-corrected chi connectivity index (χ2v) is 13.1. The molecule has 3 heterocycles. The van der Waals surface area contributed by atoms with Gasteiger partial charge in [0, 0.05) is 16.5 Å². The molecule has 4 aromatic carbocycles. The van der Waals surface area contributed by atoms with E-state index in [1.807, 2.05) is 72.8 Å². The van der Waals surface area contributed by atoms with Gasteiger partial charge in [0.25, 0.3) is 0 Å². The van der Waals surface area contributed by atoms with Crippen LogP contribution in [0.3, 0.4) is 0 Å². The third-order valence-electron chi connectivity index (χ3n) is 8.18. The first-order chi connectivity index (χ1) is 22.3. The van der Waals surface area contributed by atoms with Gasteiger partial charge in [0.05, 0.1) is 28.8 Å². The molecular formula is C35H27N3O6S2. The molecule has 3 amide bonds. The number of anilines is 2. The number of esters is 1. The van der Waals surface area contributed by atoms with Crippen LogP contribution in [0.25, 0.3) is 10.8 Å². The van der Waals surface area contributed by atoms with E-state index < -0.39 is 29.0 Å². The largest absolute Gasteiger partial charge is 0.462 e. The third-order valence-corrected chi connectivity index (χ3v) is 10.8. The fraction of sp³-hybridized carbons (Fsp3) is 0.171. The van der Waals surface area contributed by atoms with Gasteiger partial charge in [-0.1, -0.05) is 83.8 Å². The molecule has 7 rings (SSSR count). The molecule has 3 atom stereocenters. The zero-order valence-corrected chi connectivity index (χ0v) is 26.2. The fourth-order valence-electron chi connectivity index (χ4n) is 6.10. The van der Waals surface area contributed by atoms with E-state index in [4.69, 9.17) is 4.74 Å². The molecule has 2 aliphatic heterocycles. The number of amides is 3. The van der Waals surface area contributed by atoms with Gasteiger partial charge in [0.1, 0.15) is 11.8 Å². The van der Waals surface area contributed by atoms with Crippen LogP contribution in [0.15, 0.2) is 107 Å². The van der Waals surface area contributed by atoms with E-state index in [1.165, 1.54) is 21.6 Å². The summed E-state index contributed by atoms with van der Waals surface area (Å²) < 4.78 is 6.46. The normalized spacial score (nSPS) is 18.7. The number of fused-ring (bicyclic) bond motifs is 3. The predicted molar refractivity (Wildman–Crippen MR) is 177 cm³/mol. The Morgan fingerprint density at radius 1 is 0.848 bits per heavy atom. The van der Waals surface area contributed by atoms with E-state index in [1.54, 1.807) is 19.1 Å². The molecule has 9 nitrogen and oxygen atoms in total. The summed E-state index contributed by atoms with van der Waals surface area (Å²) in [4.78, 5) is 68.4. The van der Waals surface area contributed by atoms with Crippen molar-refractivity contribution in [3.05, 3.63) is 123 Å². The number of ether oxygens (including phenoxy) is 1. The molecule has 11 heteroatoms. The Balaban J connectivity index is 1.22. The van der Waals surface area contributed by atoms with Crippen LogP contribution >= 0.6 is 23.1 Å². The standard InChI is InChI=1S/C35H27N3O6S2/c1-2-44-34(42)22-13-16-25(17-14-22)38-31(40)28-27(21-9-4-3-5-10-21)30-33(45-29(28)32(38)41)37(35(43)46-30)19-26(39)36-24-15-12-20-8-6-7-11-23(20)18-24/h3-18,27-29H,2,19H2,1H3,(H,36,39)/t27-,28?,29?/m1/s1. The second kappa shape index (κ2) is 12.1. The molecule has 0 bridgehead atoms. The highest BCUT2D eigenvalue weighted by atomic mass is 32.2. The lowest BCUT2D eigenvalue weighted by molar-refractivity contribution is -0.122. The van der Waals surface area contributed by atoms with Gasteiger partial charge in [0.2, 0.25) is 17.7 Å². The highest BCUT2D eigenvalue weighted by Crippen LogP contribution is 2.53. The average Bonchev–Trinajstić information content (AvgIpc) is 3.51. The van der Waals surface area contributed by atoms with E-state index >= 15 is 0 Å². The van der Waals surface area contributed by atoms with Gasteiger partial charge < -0.3 is 10.1 Å². The van der Waals surface area contributed by atoms with Crippen molar-refractivity contribution in [2.45, 2.75) is 29.7 Å². The molecule has 5 aromatic rings. The van der Waals surface area contributed by atoms with Crippen LogP contribution in [0.1, 0.15) is 33.6 Å². The van der Waals surface area contributed by atoms with E-state index in [2.05, 4.69) is 5.32 Å². The lowest BCUT2D eigenvalue weighted by Gasteiger charge is -2.30. The molecule has 1 N–H and O–H groups in total. The first-order valence-electron chi connectivity index (χ1n) is 14.7. The molecular weight excluding hydrogens is 623 g/mol. The first kappa shape index (κ1) is 29.7. The lowest BCUT2D eigenvalue weighted by atomic mass is 9.83. The highest BCUT2D eigenvalue weighted by molar-refractivity contribution is 8.00. The van der Waals surface area contributed by atoms with Crippen LogP contribution in [-0.4, -0.2) is 40.1 Å². The Bertz CT molecular complexity index is 2070. The number of thioether (sulfide) groups is 1. The van der Waals surface area contributed by atoms with Crippen molar-refractivity contribution in [3.63, 3.8) is 0 Å². The third kappa shape index (κ3) is 5.21. The Morgan fingerprint density at radius 3 is 2.30 bits per heavy atom. The van der Waals surface area contributed by atoms with Crippen molar-refractivity contribution in [2.24, 2.45) is 5.92 Å². The monoisotopic (exact) mass is 649 g/mol.